The van der Waals surface area contributed by atoms with E-state index in [-0.39, 0.29) is 24.9 Å². The van der Waals surface area contributed by atoms with Gasteiger partial charge >= 0.3 is 5.97 Å². The lowest BCUT2D eigenvalue weighted by atomic mass is 10.2. The first-order chi connectivity index (χ1) is 6.52. The molecule has 0 atom stereocenters. The zero-order chi connectivity index (χ0) is 11.1. The Balaban J connectivity index is 4.38. The minimum atomic E-state index is -0.441. The van der Waals surface area contributed by atoms with Crippen molar-refractivity contribution in [3.05, 3.63) is 0 Å². The highest BCUT2D eigenvalue weighted by Crippen LogP contribution is 2.01. The molecular weight excluding hydrogens is 182 g/mol. The minimum absolute atomic E-state index is 0.00910. The number of rotatable bonds is 4. The molecule has 0 saturated carbocycles. The number of hydrogen-bond donors (Lipinski definition) is 0. The van der Waals surface area contributed by atoms with E-state index in [0.29, 0.717) is 0 Å². The fourth-order valence-corrected chi connectivity index (χ4v) is 0.951. The van der Waals surface area contributed by atoms with Gasteiger partial charge in [-0.2, -0.15) is 0 Å². The molecule has 0 spiro atoms. The van der Waals surface area contributed by atoms with E-state index in [1.54, 1.807) is 0 Å². The van der Waals surface area contributed by atoms with E-state index in [1.165, 1.54) is 12.0 Å². The monoisotopic (exact) mass is 197 g/mol. The quantitative estimate of drug-likeness (QED) is 0.484. The average Bonchev–Trinajstić information content (AvgIpc) is 2.13. The van der Waals surface area contributed by atoms with Crippen molar-refractivity contribution in [2.45, 2.75) is 26.3 Å². The number of hydrogen-bond acceptors (Lipinski definition) is 3. The lowest BCUT2D eigenvalue weighted by Crippen LogP contribution is -2.40. The Bertz CT molecular complexity index is 253. The molecular formula is C10H15NO3. The summed E-state index contributed by atoms with van der Waals surface area (Å²) in [6.07, 6.45) is 5.03. The second-order valence-corrected chi connectivity index (χ2v) is 3.07. The maximum absolute atomic E-state index is 11.4. The minimum Gasteiger partial charge on any atom is -0.468 e. The lowest BCUT2D eigenvalue weighted by molar-refractivity contribution is -0.147. The predicted molar refractivity (Wildman–Crippen MR) is 52.3 cm³/mol. The zero-order valence-electron chi connectivity index (χ0n) is 8.74. The van der Waals surface area contributed by atoms with Crippen LogP contribution in [0, 0.1) is 12.3 Å². The van der Waals surface area contributed by atoms with E-state index >= 15 is 0 Å². The molecule has 0 aromatic rings. The summed E-state index contributed by atoms with van der Waals surface area (Å²) in [5, 5.41) is 0. The Morgan fingerprint density at radius 3 is 2.43 bits per heavy atom. The maximum atomic E-state index is 11.4. The molecule has 0 aliphatic carbocycles. The molecule has 0 aromatic carbocycles. The first kappa shape index (κ1) is 12.5. The number of methoxy groups -OCH3 is 1. The Morgan fingerprint density at radius 1 is 1.50 bits per heavy atom. The number of esters is 1. The normalized spacial score (nSPS) is 9.36. The summed E-state index contributed by atoms with van der Waals surface area (Å²) in [5.74, 6) is 1.58. The molecule has 0 aliphatic rings. The van der Waals surface area contributed by atoms with Crippen molar-refractivity contribution in [2.24, 2.45) is 0 Å². The largest absolute Gasteiger partial charge is 0.468 e. The molecule has 0 heterocycles. The average molecular weight is 197 g/mol. The van der Waals surface area contributed by atoms with Crippen molar-refractivity contribution in [3.8, 4) is 12.3 Å². The summed E-state index contributed by atoms with van der Waals surface area (Å²) >= 11 is 0. The molecule has 0 bridgehead atoms. The maximum Gasteiger partial charge on any atom is 0.325 e. The van der Waals surface area contributed by atoms with Crippen molar-refractivity contribution in [2.75, 3.05) is 13.7 Å². The molecule has 0 aliphatic heterocycles. The first-order valence-corrected chi connectivity index (χ1v) is 4.32. The van der Waals surface area contributed by atoms with Crippen molar-refractivity contribution < 1.29 is 14.3 Å². The fraction of sp³-hybridized carbons (Fsp3) is 0.600. The van der Waals surface area contributed by atoms with E-state index in [0.717, 1.165) is 0 Å². The Morgan fingerprint density at radius 2 is 2.07 bits per heavy atom. The summed E-state index contributed by atoms with van der Waals surface area (Å²) in [4.78, 5) is 23.8. The summed E-state index contributed by atoms with van der Waals surface area (Å²) in [5.41, 5.74) is 0. The van der Waals surface area contributed by atoms with Gasteiger partial charge in [0.2, 0.25) is 5.91 Å². The molecule has 0 radical (unpaired) electrons. The van der Waals surface area contributed by atoms with Crippen molar-refractivity contribution >= 4 is 11.9 Å². The van der Waals surface area contributed by atoms with Crippen LogP contribution < -0.4 is 0 Å². The second-order valence-electron chi connectivity index (χ2n) is 3.07. The van der Waals surface area contributed by atoms with E-state index in [2.05, 4.69) is 10.7 Å². The van der Waals surface area contributed by atoms with E-state index in [4.69, 9.17) is 6.42 Å². The number of terminal acetylenes is 1. The van der Waals surface area contributed by atoms with Gasteiger partial charge in [-0.3, -0.25) is 9.59 Å². The molecule has 0 aromatic heterocycles. The summed E-state index contributed by atoms with van der Waals surface area (Å²) in [6, 6.07) is -0.0602. The number of ether oxygens (including phenoxy) is 1. The van der Waals surface area contributed by atoms with Gasteiger partial charge in [0.1, 0.15) is 6.54 Å². The summed E-state index contributed by atoms with van der Waals surface area (Å²) in [7, 11) is 1.28. The van der Waals surface area contributed by atoms with Crippen molar-refractivity contribution in [1.82, 2.24) is 4.90 Å². The molecule has 0 saturated heterocycles. The topological polar surface area (TPSA) is 46.6 Å². The third kappa shape index (κ3) is 3.94. The summed E-state index contributed by atoms with van der Waals surface area (Å²) in [6.45, 7) is 3.59. The standard InChI is InChI=1S/C10H15NO3/c1-5-6-9(12)11(8(2)3)7-10(13)14-4/h1,8H,6-7H2,2-4H3. The van der Waals surface area contributed by atoms with Gasteiger partial charge < -0.3 is 9.64 Å². The van der Waals surface area contributed by atoms with E-state index < -0.39 is 5.97 Å². The van der Waals surface area contributed by atoms with Crippen LogP contribution in [0.5, 0.6) is 0 Å². The van der Waals surface area contributed by atoms with Gasteiger partial charge in [0.05, 0.1) is 13.5 Å². The van der Waals surface area contributed by atoms with Crippen LogP contribution in [0.25, 0.3) is 0 Å². The SMILES string of the molecule is C#CCC(=O)N(CC(=O)OC)C(C)C. The second kappa shape index (κ2) is 6.03. The van der Waals surface area contributed by atoms with E-state index in [9.17, 15) is 9.59 Å². The van der Waals surface area contributed by atoms with Crippen LogP contribution in [0.1, 0.15) is 20.3 Å². The molecule has 0 rings (SSSR count). The summed E-state index contributed by atoms with van der Waals surface area (Å²) < 4.78 is 4.47. The highest BCUT2D eigenvalue weighted by molar-refractivity contribution is 5.83. The predicted octanol–water partition coefficient (Wildman–Crippen LogP) is 0.420. The van der Waals surface area contributed by atoms with Crippen molar-refractivity contribution in [1.29, 1.82) is 0 Å². The highest BCUT2D eigenvalue weighted by atomic mass is 16.5. The van der Waals surface area contributed by atoms with Gasteiger partial charge in [0, 0.05) is 6.04 Å². The van der Waals surface area contributed by atoms with Crippen LogP contribution in [0.3, 0.4) is 0 Å². The molecule has 0 fully saturated rings. The Hall–Kier alpha value is -1.50. The third-order valence-corrected chi connectivity index (χ3v) is 1.72. The molecule has 4 heteroatoms. The smallest absolute Gasteiger partial charge is 0.325 e. The zero-order valence-corrected chi connectivity index (χ0v) is 8.74. The van der Waals surface area contributed by atoms with Gasteiger partial charge in [0.25, 0.3) is 0 Å². The molecule has 1 amide bonds. The van der Waals surface area contributed by atoms with Gasteiger partial charge in [-0.05, 0) is 13.8 Å². The molecule has 14 heavy (non-hydrogen) atoms. The highest BCUT2D eigenvalue weighted by Gasteiger charge is 2.19. The van der Waals surface area contributed by atoms with Crippen LogP contribution >= 0.6 is 0 Å². The van der Waals surface area contributed by atoms with Crippen LogP contribution in [0.15, 0.2) is 0 Å². The molecule has 0 unspecified atom stereocenters. The van der Waals surface area contributed by atoms with Gasteiger partial charge in [-0.25, -0.2) is 0 Å². The Labute approximate surface area is 84.2 Å². The van der Waals surface area contributed by atoms with E-state index in [1.807, 2.05) is 13.8 Å². The fourth-order valence-electron chi connectivity index (χ4n) is 0.951. The van der Waals surface area contributed by atoms with Gasteiger partial charge in [-0.15, -0.1) is 6.42 Å². The van der Waals surface area contributed by atoms with Crippen LogP contribution in [0.4, 0.5) is 0 Å². The Kier molecular flexibility index (Phi) is 5.38. The van der Waals surface area contributed by atoms with Crippen LogP contribution in [-0.2, 0) is 14.3 Å². The lowest BCUT2D eigenvalue weighted by Gasteiger charge is -2.24. The number of carbonyl (C=O) groups excluding carboxylic acids is 2. The number of carbonyl (C=O) groups is 2. The third-order valence-electron chi connectivity index (χ3n) is 1.72. The molecule has 78 valence electrons. The van der Waals surface area contributed by atoms with Gasteiger partial charge in [0.15, 0.2) is 0 Å². The molecule has 4 nitrogen and oxygen atoms in total. The number of amides is 1. The first-order valence-electron chi connectivity index (χ1n) is 4.32. The van der Waals surface area contributed by atoms with Crippen molar-refractivity contribution in [3.63, 3.8) is 0 Å². The molecule has 0 N–H and O–H groups in total. The number of nitrogens with zero attached hydrogens (tertiary/aromatic N) is 1. The van der Waals surface area contributed by atoms with Crippen LogP contribution in [0.2, 0.25) is 0 Å². The van der Waals surface area contributed by atoms with Gasteiger partial charge in [-0.1, -0.05) is 5.92 Å². The van der Waals surface area contributed by atoms with Crippen LogP contribution in [-0.4, -0.2) is 36.5 Å².